The highest BCUT2D eigenvalue weighted by molar-refractivity contribution is 7.48. The molecule has 3 aromatic rings. The van der Waals surface area contributed by atoms with Crippen LogP contribution >= 0.6 is 16.8 Å². The number of benzene rings is 2. The third kappa shape index (κ3) is 3.20. The molecule has 0 aliphatic rings. The van der Waals surface area contributed by atoms with Gasteiger partial charge in [-0.15, -0.1) is 0 Å². The molecule has 0 spiro atoms. The van der Waals surface area contributed by atoms with Gasteiger partial charge in [0.2, 0.25) is 0 Å². The van der Waals surface area contributed by atoms with Crippen LogP contribution in [-0.4, -0.2) is 13.0 Å². The first-order valence-corrected chi connectivity index (χ1v) is 9.72. The van der Waals surface area contributed by atoms with Crippen molar-refractivity contribution in [2.24, 2.45) is 0 Å². The summed E-state index contributed by atoms with van der Waals surface area (Å²) in [6.45, 7) is 6.10. The van der Waals surface area contributed by atoms with Gasteiger partial charge in [0.1, 0.15) is 5.58 Å². The molecule has 0 aliphatic carbocycles. The Balaban J connectivity index is 2.11. The molecule has 2 aromatic carbocycles. The van der Waals surface area contributed by atoms with E-state index in [1.165, 1.54) is 5.30 Å². The summed E-state index contributed by atoms with van der Waals surface area (Å²) >= 11 is 0. The molecule has 1 heterocycles. The smallest absolute Gasteiger partial charge is 0.344 e. The lowest BCUT2D eigenvalue weighted by Crippen LogP contribution is -2.04. The Morgan fingerprint density at radius 3 is 2.52 bits per heavy atom. The molecule has 0 radical (unpaired) electrons. The maximum Gasteiger partial charge on any atom is 0.344 e. The van der Waals surface area contributed by atoms with Crippen LogP contribution < -0.4 is 10.9 Å². The third-order valence-corrected chi connectivity index (χ3v) is 5.27. The second-order valence-electron chi connectivity index (χ2n) is 5.13. The van der Waals surface area contributed by atoms with Crippen LogP contribution in [-0.2, 0) is 0 Å². The van der Waals surface area contributed by atoms with Gasteiger partial charge < -0.3 is 4.42 Å². The minimum absolute atomic E-state index is 0.314. The highest BCUT2D eigenvalue weighted by atomic mass is 31.1. The molecule has 0 fully saturated rings. The van der Waals surface area contributed by atoms with Crippen molar-refractivity contribution in [3.05, 3.63) is 71.1 Å². The van der Waals surface area contributed by atoms with Gasteiger partial charge in [-0.1, -0.05) is 60.0 Å². The predicted octanol–water partition coefficient (Wildman–Crippen LogP) is 4.74. The standard InChI is InChI=1S/C19H16O2P2/c1-12(22-2)13-4-6-14(7-5-13)17-11-15-10-16(23-3)8-9-18(15)21-19(17)20/h4-11,23H,1-2H2,3H3. The number of hydrogen-bond acceptors (Lipinski definition) is 2. The predicted molar refractivity (Wildman–Crippen MR) is 105 cm³/mol. The maximum atomic E-state index is 12.3. The van der Waals surface area contributed by atoms with E-state index in [1.807, 2.05) is 42.5 Å². The zero-order valence-corrected chi connectivity index (χ0v) is 14.7. The molecule has 0 saturated heterocycles. The summed E-state index contributed by atoms with van der Waals surface area (Å²) < 4.78 is 5.46. The molecule has 0 aliphatic heterocycles. The molecule has 0 bridgehead atoms. The Hall–Kier alpha value is -2.01. The molecule has 2 nitrogen and oxygen atoms in total. The van der Waals surface area contributed by atoms with Crippen LogP contribution in [0.4, 0.5) is 0 Å². The molecule has 0 amide bonds. The molecule has 1 atom stereocenters. The summed E-state index contributed by atoms with van der Waals surface area (Å²) in [4.78, 5) is 12.3. The van der Waals surface area contributed by atoms with Crippen molar-refractivity contribution in [1.82, 2.24) is 0 Å². The van der Waals surface area contributed by atoms with Gasteiger partial charge in [0, 0.05) is 10.7 Å². The molecule has 0 N–H and O–H groups in total. The van der Waals surface area contributed by atoms with Crippen molar-refractivity contribution >= 4 is 44.7 Å². The van der Waals surface area contributed by atoms with Crippen molar-refractivity contribution in [2.75, 3.05) is 6.66 Å². The SMILES string of the molecule is C=PC(=C)c1ccc(-c2cc3cc(PC)ccc3oc2=O)cc1. The summed E-state index contributed by atoms with van der Waals surface area (Å²) in [5.74, 6) is 0. The van der Waals surface area contributed by atoms with Gasteiger partial charge in [-0.3, -0.25) is 0 Å². The lowest BCUT2D eigenvalue weighted by Gasteiger charge is -2.05. The summed E-state index contributed by atoms with van der Waals surface area (Å²) in [5, 5.41) is 3.16. The van der Waals surface area contributed by atoms with Gasteiger partial charge >= 0.3 is 5.63 Å². The van der Waals surface area contributed by atoms with Crippen LogP contribution in [0.2, 0.25) is 0 Å². The van der Waals surface area contributed by atoms with Crippen LogP contribution in [0.1, 0.15) is 5.56 Å². The molecule has 3 rings (SSSR count). The first kappa shape index (κ1) is 15.9. The molecular formula is C19H16O2P2. The van der Waals surface area contributed by atoms with Crippen molar-refractivity contribution in [3.63, 3.8) is 0 Å². The average Bonchev–Trinajstić information content (AvgIpc) is 2.60. The minimum atomic E-state index is -0.314. The zero-order valence-electron chi connectivity index (χ0n) is 12.8. The Kier molecular flexibility index (Phi) is 4.57. The van der Waals surface area contributed by atoms with Crippen LogP contribution in [0.15, 0.2) is 64.3 Å². The monoisotopic (exact) mass is 338 g/mol. The van der Waals surface area contributed by atoms with E-state index in [2.05, 4.69) is 25.6 Å². The molecular weight excluding hydrogens is 322 g/mol. The van der Waals surface area contributed by atoms with Gasteiger partial charge in [-0.25, -0.2) is 4.79 Å². The van der Waals surface area contributed by atoms with Crippen LogP contribution in [0.3, 0.4) is 0 Å². The van der Waals surface area contributed by atoms with Crippen molar-refractivity contribution < 1.29 is 4.42 Å². The summed E-state index contributed by atoms with van der Waals surface area (Å²) in [5.41, 5.74) is 2.78. The van der Waals surface area contributed by atoms with Crippen molar-refractivity contribution in [3.8, 4) is 11.1 Å². The van der Waals surface area contributed by atoms with Crippen LogP contribution in [0.5, 0.6) is 0 Å². The number of rotatable bonds is 4. The maximum absolute atomic E-state index is 12.3. The summed E-state index contributed by atoms with van der Waals surface area (Å²) in [6, 6.07) is 15.6. The molecule has 4 heteroatoms. The number of fused-ring (bicyclic) bond motifs is 1. The van der Waals surface area contributed by atoms with E-state index in [-0.39, 0.29) is 5.63 Å². The Morgan fingerprint density at radius 1 is 1.13 bits per heavy atom. The minimum Gasteiger partial charge on any atom is -0.422 e. The molecule has 0 saturated carbocycles. The molecule has 1 unspecified atom stereocenters. The first-order valence-electron chi connectivity index (χ1n) is 7.14. The number of hydrogen-bond donors (Lipinski definition) is 0. The van der Waals surface area contributed by atoms with E-state index < -0.39 is 0 Å². The third-order valence-electron chi connectivity index (χ3n) is 3.74. The van der Waals surface area contributed by atoms with Crippen LogP contribution in [0, 0.1) is 0 Å². The van der Waals surface area contributed by atoms with E-state index in [0.717, 1.165) is 30.0 Å². The fourth-order valence-electron chi connectivity index (χ4n) is 2.41. The summed E-state index contributed by atoms with van der Waals surface area (Å²) in [6.07, 6.45) is 3.82. The van der Waals surface area contributed by atoms with Crippen molar-refractivity contribution in [1.29, 1.82) is 0 Å². The van der Waals surface area contributed by atoms with E-state index in [0.29, 0.717) is 19.7 Å². The van der Waals surface area contributed by atoms with Gasteiger partial charge in [0.25, 0.3) is 0 Å². The highest BCUT2D eigenvalue weighted by Gasteiger charge is 2.08. The van der Waals surface area contributed by atoms with E-state index >= 15 is 0 Å². The lowest BCUT2D eigenvalue weighted by molar-refractivity contribution is 0.563. The van der Waals surface area contributed by atoms with Crippen LogP contribution in [0.25, 0.3) is 27.4 Å². The second-order valence-corrected chi connectivity index (χ2v) is 7.07. The first-order chi connectivity index (χ1) is 11.1. The van der Waals surface area contributed by atoms with E-state index in [9.17, 15) is 4.79 Å². The molecule has 23 heavy (non-hydrogen) atoms. The van der Waals surface area contributed by atoms with Gasteiger partial charge in [0.15, 0.2) is 0 Å². The lowest BCUT2D eigenvalue weighted by atomic mass is 10.0. The highest BCUT2D eigenvalue weighted by Crippen LogP contribution is 2.26. The van der Waals surface area contributed by atoms with Gasteiger partial charge in [-0.2, -0.15) is 0 Å². The van der Waals surface area contributed by atoms with E-state index in [4.69, 9.17) is 4.42 Å². The van der Waals surface area contributed by atoms with Crippen molar-refractivity contribution in [2.45, 2.75) is 0 Å². The fourth-order valence-corrected chi connectivity index (χ4v) is 3.30. The Labute approximate surface area is 138 Å². The van der Waals surface area contributed by atoms with Gasteiger partial charge in [-0.05, 0) is 41.3 Å². The average molecular weight is 338 g/mol. The second kappa shape index (κ2) is 6.62. The Bertz CT molecular complexity index is 953. The fraction of sp³-hybridized carbons (Fsp3) is 0.0526. The zero-order chi connectivity index (χ0) is 16.4. The normalized spacial score (nSPS) is 11.5. The quantitative estimate of drug-likeness (QED) is 0.508. The topological polar surface area (TPSA) is 30.2 Å². The molecule has 1 aromatic heterocycles. The largest absolute Gasteiger partial charge is 0.422 e. The van der Waals surface area contributed by atoms with E-state index in [1.54, 1.807) is 0 Å². The molecule has 114 valence electrons. The van der Waals surface area contributed by atoms with Gasteiger partial charge in [0.05, 0.1) is 5.56 Å². The Morgan fingerprint density at radius 2 is 1.87 bits per heavy atom. The summed E-state index contributed by atoms with van der Waals surface area (Å²) in [7, 11) is 1.61.